The van der Waals surface area contributed by atoms with Gasteiger partial charge in [0.25, 0.3) is 0 Å². The Bertz CT molecular complexity index is 319. The second-order valence-corrected chi connectivity index (χ2v) is 3.16. The quantitative estimate of drug-likeness (QED) is 0.704. The maximum atomic E-state index is 5.95. The minimum absolute atomic E-state index is 0.0183. The van der Waals surface area contributed by atoms with Gasteiger partial charge in [0, 0.05) is 30.8 Å². The third-order valence-electron chi connectivity index (χ3n) is 2.27. The van der Waals surface area contributed by atoms with E-state index in [1.54, 1.807) is 0 Å². The minimum Gasteiger partial charge on any atom is -0.324 e. The SMILES string of the molecule is C#CCCC(N)c1cnn(C)c1C. The zero-order valence-corrected chi connectivity index (χ0v) is 8.12. The van der Waals surface area contributed by atoms with Gasteiger partial charge in [0.15, 0.2) is 0 Å². The molecule has 0 aromatic carbocycles. The molecule has 3 heteroatoms. The molecule has 0 fully saturated rings. The van der Waals surface area contributed by atoms with Crippen LogP contribution in [0.4, 0.5) is 0 Å². The molecule has 0 aliphatic carbocycles. The lowest BCUT2D eigenvalue weighted by Crippen LogP contribution is -2.10. The summed E-state index contributed by atoms with van der Waals surface area (Å²) in [5, 5.41) is 4.13. The van der Waals surface area contributed by atoms with E-state index >= 15 is 0 Å². The maximum Gasteiger partial charge on any atom is 0.0540 e. The fourth-order valence-corrected chi connectivity index (χ4v) is 1.27. The molecule has 13 heavy (non-hydrogen) atoms. The molecule has 0 radical (unpaired) electrons. The van der Waals surface area contributed by atoms with Crippen molar-refractivity contribution in [3.63, 3.8) is 0 Å². The van der Waals surface area contributed by atoms with Crippen LogP contribution in [0.1, 0.15) is 30.1 Å². The highest BCUT2D eigenvalue weighted by Gasteiger charge is 2.11. The van der Waals surface area contributed by atoms with Gasteiger partial charge < -0.3 is 5.73 Å². The summed E-state index contributed by atoms with van der Waals surface area (Å²) < 4.78 is 1.82. The molecule has 1 aromatic heterocycles. The summed E-state index contributed by atoms with van der Waals surface area (Å²) in [7, 11) is 1.91. The van der Waals surface area contributed by atoms with Gasteiger partial charge in [0.05, 0.1) is 6.20 Å². The normalized spacial score (nSPS) is 12.5. The summed E-state index contributed by atoms with van der Waals surface area (Å²) >= 11 is 0. The summed E-state index contributed by atoms with van der Waals surface area (Å²) in [6.45, 7) is 2.01. The first-order valence-electron chi connectivity index (χ1n) is 4.34. The van der Waals surface area contributed by atoms with Crippen molar-refractivity contribution in [3.8, 4) is 12.3 Å². The van der Waals surface area contributed by atoms with Crippen molar-refractivity contribution < 1.29 is 0 Å². The lowest BCUT2D eigenvalue weighted by Gasteiger charge is -2.08. The van der Waals surface area contributed by atoms with Gasteiger partial charge in [-0.05, 0) is 13.3 Å². The van der Waals surface area contributed by atoms with Crippen LogP contribution in [0, 0.1) is 19.3 Å². The van der Waals surface area contributed by atoms with Crippen molar-refractivity contribution in [1.82, 2.24) is 9.78 Å². The highest BCUT2D eigenvalue weighted by Crippen LogP contribution is 2.18. The smallest absolute Gasteiger partial charge is 0.0540 e. The Balaban J connectivity index is 2.72. The van der Waals surface area contributed by atoms with Crippen LogP contribution < -0.4 is 5.73 Å². The van der Waals surface area contributed by atoms with E-state index in [1.165, 1.54) is 0 Å². The lowest BCUT2D eigenvalue weighted by atomic mass is 10.0. The van der Waals surface area contributed by atoms with Gasteiger partial charge in [-0.2, -0.15) is 5.10 Å². The lowest BCUT2D eigenvalue weighted by molar-refractivity contribution is 0.658. The van der Waals surface area contributed by atoms with Crippen LogP contribution in [0.5, 0.6) is 0 Å². The fourth-order valence-electron chi connectivity index (χ4n) is 1.27. The van der Waals surface area contributed by atoms with Crippen LogP contribution in [0.25, 0.3) is 0 Å². The molecule has 0 aliphatic heterocycles. The van der Waals surface area contributed by atoms with Gasteiger partial charge in [0.2, 0.25) is 0 Å². The van der Waals surface area contributed by atoms with Crippen LogP contribution in [0.3, 0.4) is 0 Å². The Kier molecular flexibility index (Phi) is 3.10. The second kappa shape index (κ2) is 4.11. The molecular weight excluding hydrogens is 162 g/mol. The van der Waals surface area contributed by atoms with E-state index in [0.29, 0.717) is 0 Å². The predicted molar refractivity (Wildman–Crippen MR) is 52.9 cm³/mol. The summed E-state index contributed by atoms with van der Waals surface area (Å²) in [5.74, 6) is 2.59. The first-order valence-corrected chi connectivity index (χ1v) is 4.34. The van der Waals surface area contributed by atoms with Gasteiger partial charge in [-0.15, -0.1) is 12.3 Å². The molecule has 0 spiro atoms. The molecule has 0 saturated heterocycles. The first kappa shape index (κ1) is 9.82. The Morgan fingerprint density at radius 1 is 1.77 bits per heavy atom. The van der Waals surface area contributed by atoms with E-state index < -0.39 is 0 Å². The molecule has 0 aliphatic rings. The molecule has 2 N–H and O–H groups in total. The van der Waals surface area contributed by atoms with Crippen molar-refractivity contribution in [1.29, 1.82) is 0 Å². The predicted octanol–water partition coefficient (Wildman–Crippen LogP) is 1.14. The van der Waals surface area contributed by atoms with E-state index in [0.717, 1.165) is 24.1 Å². The number of aromatic nitrogens is 2. The van der Waals surface area contributed by atoms with Gasteiger partial charge >= 0.3 is 0 Å². The third kappa shape index (κ3) is 2.10. The Hall–Kier alpha value is -1.27. The van der Waals surface area contributed by atoms with Crippen LogP contribution in [-0.2, 0) is 7.05 Å². The average Bonchev–Trinajstić information content (AvgIpc) is 2.44. The van der Waals surface area contributed by atoms with E-state index in [-0.39, 0.29) is 6.04 Å². The second-order valence-electron chi connectivity index (χ2n) is 3.16. The molecule has 70 valence electrons. The minimum atomic E-state index is 0.0183. The van der Waals surface area contributed by atoms with Crippen molar-refractivity contribution in [2.24, 2.45) is 12.8 Å². The largest absolute Gasteiger partial charge is 0.324 e. The van der Waals surface area contributed by atoms with Crippen molar-refractivity contribution in [2.75, 3.05) is 0 Å². The van der Waals surface area contributed by atoms with Crippen LogP contribution in [0.2, 0.25) is 0 Å². The Labute approximate surface area is 78.9 Å². The monoisotopic (exact) mass is 177 g/mol. The van der Waals surface area contributed by atoms with Crippen LogP contribution in [-0.4, -0.2) is 9.78 Å². The topological polar surface area (TPSA) is 43.8 Å². The van der Waals surface area contributed by atoms with Crippen molar-refractivity contribution in [3.05, 3.63) is 17.5 Å². The number of hydrogen-bond donors (Lipinski definition) is 1. The molecule has 1 unspecified atom stereocenters. The maximum absolute atomic E-state index is 5.95. The molecule has 3 nitrogen and oxygen atoms in total. The number of hydrogen-bond acceptors (Lipinski definition) is 2. The highest BCUT2D eigenvalue weighted by atomic mass is 15.3. The number of nitrogens with two attached hydrogens (primary N) is 1. The van der Waals surface area contributed by atoms with E-state index in [1.807, 2.05) is 24.9 Å². The van der Waals surface area contributed by atoms with Crippen LogP contribution in [0.15, 0.2) is 6.20 Å². The van der Waals surface area contributed by atoms with Gasteiger partial charge in [-0.25, -0.2) is 0 Å². The number of rotatable bonds is 3. The summed E-state index contributed by atoms with van der Waals surface area (Å²) in [5.41, 5.74) is 8.16. The Morgan fingerprint density at radius 3 is 2.92 bits per heavy atom. The third-order valence-corrected chi connectivity index (χ3v) is 2.27. The molecule has 1 heterocycles. The molecule has 1 rings (SSSR count). The molecule has 0 amide bonds. The summed E-state index contributed by atoms with van der Waals surface area (Å²) in [6.07, 6.45) is 8.53. The first-order chi connectivity index (χ1) is 6.16. The zero-order chi connectivity index (χ0) is 9.84. The van der Waals surface area contributed by atoms with E-state index in [2.05, 4.69) is 11.0 Å². The summed E-state index contributed by atoms with van der Waals surface area (Å²) in [4.78, 5) is 0. The van der Waals surface area contributed by atoms with Crippen molar-refractivity contribution >= 4 is 0 Å². The summed E-state index contributed by atoms with van der Waals surface area (Å²) in [6, 6.07) is 0.0183. The standard InChI is InChI=1S/C10H15N3/c1-4-5-6-10(11)9-7-12-13(3)8(9)2/h1,7,10H,5-6,11H2,2-3H3. The number of nitrogens with zero attached hydrogens (tertiary/aromatic N) is 2. The fraction of sp³-hybridized carbons (Fsp3) is 0.500. The van der Waals surface area contributed by atoms with Gasteiger partial charge in [0.1, 0.15) is 0 Å². The molecule has 1 atom stereocenters. The number of terminal acetylenes is 1. The average molecular weight is 177 g/mol. The van der Waals surface area contributed by atoms with Crippen LogP contribution >= 0.6 is 0 Å². The van der Waals surface area contributed by atoms with Gasteiger partial charge in [-0.3, -0.25) is 4.68 Å². The molecular formula is C10H15N3. The molecule has 0 bridgehead atoms. The van der Waals surface area contributed by atoms with Crippen molar-refractivity contribution in [2.45, 2.75) is 25.8 Å². The molecule has 0 saturated carbocycles. The van der Waals surface area contributed by atoms with E-state index in [4.69, 9.17) is 12.2 Å². The molecule has 1 aromatic rings. The van der Waals surface area contributed by atoms with E-state index in [9.17, 15) is 0 Å². The number of aryl methyl sites for hydroxylation is 1. The van der Waals surface area contributed by atoms with Gasteiger partial charge in [-0.1, -0.05) is 0 Å². The highest BCUT2D eigenvalue weighted by molar-refractivity contribution is 5.20. The Morgan fingerprint density at radius 2 is 2.46 bits per heavy atom. The zero-order valence-electron chi connectivity index (χ0n) is 8.12.